The standard InChI is InChI=1S/C15H15N3O3/c19-10-9-16-11-5-7-12(8-6-11)17-18-14-4-2-1-3-13(14)15(20)21/h1-8,16,19H,9-10H2,(H,20,21). The molecule has 108 valence electrons. The predicted octanol–water partition coefficient (Wildman–Crippen LogP) is 3.20. The van der Waals surface area contributed by atoms with Crippen molar-refractivity contribution in [2.24, 2.45) is 10.2 Å². The van der Waals surface area contributed by atoms with Crippen LogP contribution < -0.4 is 5.32 Å². The fourth-order valence-electron chi connectivity index (χ4n) is 1.70. The molecule has 0 saturated heterocycles. The van der Waals surface area contributed by atoms with Crippen molar-refractivity contribution in [3.63, 3.8) is 0 Å². The Morgan fingerprint density at radius 3 is 2.43 bits per heavy atom. The maximum Gasteiger partial charge on any atom is 0.337 e. The van der Waals surface area contributed by atoms with Crippen molar-refractivity contribution in [2.45, 2.75) is 0 Å². The number of benzene rings is 2. The minimum Gasteiger partial charge on any atom is -0.478 e. The van der Waals surface area contributed by atoms with Gasteiger partial charge >= 0.3 is 5.97 Å². The Labute approximate surface area is 121 Å². The Hall–Kier alpha value is -2.73. The van der Waals surface area contributed by atoms with Crippen molar-refractivity contribution in [3.05, 3.63) is 54.1 Å². The number of carboxylic acid groups (broad SMARTS) is 1. The number of azo groups is 1. The van der Waals surface area contributed by atoms with Crippen LogP contribution in [0.3, 0.4) is 0 Å². The van der Waals surface area contributed by atoms with E-state index in [0.29, 0.717) is 17.9 Å². The first-order valence-corrected chi connectivity index (χ1v) is 6.39. The van der Waals surface area contributed by atoms with Gasteiger partial charge in [0.2, 0.25) is 0 Å². The smallest absolute Gasteiger partial charge is 0.337 e. The van der Waals surface area contributed by atoms with Crippen LogP contribution in [0.2, 0.25) is 0 Å². The van der Waals surface area contributed by atoms with E-state index in [1.807, 2.05) is 12.1 Å². The van der Waals surface area contributed by atoms with Gasteiger partial charge in [-0.05, 0) is 36.4 Å². The molecule has 0 aliphatic heterocycles. The van der Waals surface area contributed by atoms with Crippen molar-refractivity contribution in [1.82, 2.24) is 0 Å². The molecule has 0 fully saturated rings. The highest BCUT2D eigenvalue weighted by Crippen LogP contribution is 2.23. The fourth-order valence-corrected chi connectivity index (χ4v) is 1.70. The molecule has 0 atom stereocenters. The normalized spacial score (nSPS) is 10.7. The van der Waals surface area contributed by atoms with E-state index in [0.717, 1.165) is 5.69 Å². The second kappa shape index (κ2) is 7.16. The molecule has 0 spiro atoms. The van der Waals surface area contributed by atoms with E-state index in [9.17, 15) is 4.79 Å². The molecular formula is C15H15N3O3. The summed E-state index contributed by atoms with van der Waals surface area (Å²) < 4.78 is 0. The molecular weight excluding hydrogens is 270 g/mol. The Morgan fingerprint density at radius 2 is 1.76 bits per heavy atom. The van der Waals surface area contributed by atoms with Crippen molar-refractivity contribution >= 4 is 23.0 Å². The van der Waals surface area contributed by atoms with Crippen LogP contribution in [0.15, 0.2) is 58.8 Å². The van der Waals surface area contributed by atoms with Crippen LogP contribution in [-0.4, -0.2) is 29.3 Å². The van der Waals surface area contributed by atoms with Crippen LogP contribution in [0.5, 0.6) is 0 Å². The second-order valence-corrected chi connectivity index (χ2v) is 4.22. The minimum atomic E-state index is -1.03. The van der Waals surface area contributed by atoms with Gasteiger partial charge in [-0.15, -0.1) is 5.11 Å². The maximum absolute atomic E-state index is 11.0. The predicted molar refractivity (Wildman–Crippen MR) is 79.6 cm³/mol. The summed E-state index contributed by atoms with van der Waals surface area (Å²) in [7, 11) is 0. The summed E-state index contributed by atoms with van der Waals surface area (Å²) in [6.45, 7) is 0.542. The highest BCUT2D eigenvalue weighted by atomic mass is 16.4. The lowest BCUT2D eigenvalue weighted by Gasteiger charge is -2.03. The molecule has 0 saturated carbocycles. The number of hydrogen-bond acceptors (Lipinski definition) is 5. The van der Waals surface area contributed by atoms with Crippen LogP contribution in [0.25, 0.3) is 0 Å². The fraction of sp³-hybridized carbons (Fsp3) is 0.133. The zero-order valence-electron chi connectivity index (χ0n) is 11.2. The summed E-state index contributed by atoms with van der Waals surface area (Å²) in [5.41, 5.74) is 1.91. The van der Waals surface area contributed by atoms with Crippen LogP contribution >= 0.6 is 0 Å². The van der Waals surface area contributed by atoms with E-state index in [1.165, 1.54) is 6.07 Å². The van der Waals surface area contributed by atoms with E-state index in [1.54, 1.807) is 30.3 Å². The van der Waals surface area contributed by atoms with Gasteiger partial charge in [-0.3, -0.25) is 0 Å². The Balaban J connectivity index is 2.12. The number of nitrogens with zero attached hydrogens (tertiary/aromatic N) is 2. The molecule has 0 radical (unpaired) electrons. The van der Waals surface area contributed by atoms with E-state index in [-0.39, 0.29) is 12.2 Å². The summed E-state index contributed by atoms with van der Waals surface area (Å²) in [6.07, 6.45) is 0. The first-order chi connectivity index (χ1) is 10.2. The van der Waals surface area contributed by atoms with Crippen molar-refractivity contribution in [3.8, 4) is 0 Å². The van der Waals surface area contributed by atoms with Gasteiger partial charge in [-0.25, -0.2) is 4.79 Å². The molecule has 0 amide bonds. The lowest BCUT2D eigenvalue weighted by molar-refractivity contribution is 0.0697. The van der Waals surface area contributed by atoms with Crippen LogP contribution in [-0.2, 0) is 0 Å². The summed E-state index contributed by atoms with van der Waals surface area (Å²) in [4.78, 5) is 11.0. The average Bonchev–Trinajstić information content (AvgIpc) is 2.52. The molecule has 0 heterocycles. The van der Waals surface area contributed by atoms with Gasteiger partial charge in [0.15, 0.2) is 0 Å². The summed E-state index contributed by atoms with van der Waals surface area (Å²) in [5.74, 6) is -1.03. The van der Waals surface area contributed by atoms with Gasteiger partial charge in [0.05, 0.1) is 17.9 Å². The molecule has 21 heavy (non-hydrogen) atoms. The number of rotatable bonds is 6. The zero-order chi connectivity index (χ0) is 15.1. The number of carbonyl (C=O) groups is 1. The number of aliphatic hydroxyl groups excluding tert-OH is 1. The van der Waals surface area contributed by atoms with Gasteiger partial charge < -0.3 is 15.5 Å². The van der Waals surface area contributed by atoms with E-state index in [2.05, 4.69) is 15.5 Å². The topological polar surface area (TPSA) is 94.3 Å². The quantitative estimate of drug-likeness (QED) is 0.710. The third kappa shape index (κ3) is 4.12. The molecule has 0 aliphatic carbocycles. The third-order valence-corrected chi connectivity index (χ3v) is 2.72. The van der Waals surface area contributed by atoms with Crippen molar-refractivity contribution in [2.75, 3.05) is 18.5 Å². The van der Waals surface area contributed by atoms with E-state index in [4.69, 9.17) is 10.2 Å². The summed E-state index contributed by atoms with van der Waals surface area (Å²) in [6, 6.07) is 13.6. The van der Waals surface area contributed by atoms with Crippen molar-refractivity contribution in [1.29, 1.82) is 0 Å². The molecule has 2 rings (SSSR count). The van der Waals surface area contributed by atoms with Gasteiger partial charge in [-0.1, -0.05) is 12.1 Å². The first-order valence-electron chi connectivity index (χ1n) is 6.39. The molecule has 2 aromatic rings. The van der Waals surface area contributed by atoms with Crippen LogP contribution in [0.4, 0.5) is 17.1 Å². The lowest BCUT2D eigenvalue weighted by atomic mass is 10.2. The zero-order valence-corrected chi connectivity index (χ0v) is 11.2. The number of hydrogen-bond donors (Lipinski definition) is 3. The molecule has 0 bridgehead atoms. The Kier molecular flexibility index (Phi) is 5.00. The first kappa shape index (κ1) is 14.7. The largest absolute Gasteiger partial charge is 0.478 e. The lowest BCUT2D eigenvalue weighted by Crippen LogP contribution is -2.04. The molecule has 2 aromatic carbocycles. The Morgan fingerprint density at radius 1 is 1.05 bits per heavy atom. The van der Waals surface area contributed by atoms with Gasteiger partial charge in [0, 0.05) is 12.2 Å². The third-order valence-electron chi connectivity index (χ3n) is 2.72. The van der Waals surface area contributed by atoms with Crippen LogP contribution in [0.1, 0.15) is 10.4 Å². The van der Waals surface area contributed by atoms with Crippen molar-refractivity contribution < 1.29 is 15.0 Å². The van der Waals surface area contributed by atoms with E-state index >= 15 is 0 Å². The molecule has 0 aromatic heterocycles. The maximum atomic E-state index is 11.0. The van der Waals surface area contributed by atoms with Gasteiger partial charge in [0.25, 0.3) is 0 Å². The summed E-state index contributed by atoms with van der Waals surface area (Å²) in [5, 5.41) is 28.8. The molecule has 0 unspecified atom stereocenters. The minimum absolute atomic E-state index is 0.0629. The number of aromatic carboxylic acids is 1. The number of carboxylic acids is 1. The highest BCUT2D eigenvalue weighted by Gasteiger charge is 2.07. The molecule has 3 N–H and O–H groups in total. The van der Waals surface area contributed by atoms with E-state index < -0.39 is 5.97 Å². The van der Waals surface area contributed by atoms with Crippen LogP contribution in [0, 0.1) is 0 Å². The number of anilines is 1. The Bertz CT molecular complexity index is 639. The summed E-state index contributed by atoms with van der Waals surface area (Å²) >= 11 is 0. The monoisotopic (exact) mass is 285 g/mol. The number of aliphatic hydroxyl groups is 1. The second-order valence-electron chi connectivity index (χ2n) is 4.22. The SMILES string of the molecule is O=C(O)c1ccccc1N=Nc1ccc(NCCO)cc1. The molecule has 0 aliphatic rings. The number of nitrogens with one attached hydrogen (secondary N) is 1. The average molecular weight is 285 g/mol. The van der Waals surface area contributed by atoms with Gasteiger partial charge in [-0.2, -0.15) is 5.11 Å². The molecule has 6 heteroatoms. The molecule has 6 nitrogen and oxygen atoms in total. The van der Waals surface area contributed by atoms with Gasteiger partial charge in [0.1, 0.15) is 5.69 Å². The highest BCUT2D eigenvalue weighted by molar-refractivity contribution is 5.93.